The highest BCUT2D eigenvalue weighted by molar-refractivity contribution is 6.71. The van der Waals surface area contributed by atoms with Gasteiger partial charge in [-0.25, -0.2) is 17.6 Å². The first-order valence-electron chi connectivity index (χ1n) is 5.33. The van der Waals surface area contributed by atoms with Crippen LogP contribution in [0.25, 0.3) is 11.1 Å². The first-order chi connectivity index (χ1) is 9.21. The molecule has 0 bridgehead atoms. The largest absolute Gasteiger partial charge is 0.528 e. The van der Waals surface area contributed by atoms with E-state index in [1.54, 1.807) is 0 Å². The summed E-state index contributed by atoms with van der Waals surface area (Å²) in [5.74, 6) is -6.94. The summed E-state index contributed by atoms with van der Waals surface area (Å²) >= 11 is 0. The van der Waals surface area contributed by atoms with Crippen molar-refractivity contribution in [3.05, 3.63) is 53.6 Å². The van der Waals surface area contributed by atoms with Crippen LogP contribution in [0.2, 0.25) is 0 Å². The number of rotatable bonds is 2. The molecule has 0 unspecified atom stereocenters. The third-order valence-electron chi connectivity index (χ3n) is 2.69. The van der Waals surface area contributed by atoms with Gasteiger partial charge < -0.3 is 14.4 Å². The van der Waals surface area contributed by atoms with Crippen molar-refractivity contribution in [2.75, 3.05) is 0 Å². The molecule has 2 aromatic carbocycles. The molecular formula is C12H8F4O3Si. The minimum absolute atomic E-state index is 0.0118. The third-order valence-corrected chi connectivity index (χ3v) is 3.79. The molecule has 3 N–H and O–H groups in total. The monoisotopic (exact) mass is 304 g/mol. The van der Waals surface area contributed by atoms with Gasteiger partial charge in [0, 0.05) is 10.8 Å². The molecular weight excluding hydrogens is 296 g/mol. The quantitative estimate of drug-likeness (QED) is 0.336. The van der Waals surface area contributed by atoms with E-state index in [2.05, 4.69) is 0 Å². The Balaban J connectivity index is 2.53. The molecule has 0 spiro atoms. The van der Waals surface area contributed by atoms with Gasteiger partial charge in [-0.15, -0.1) is 0 Å². The summed E-state index contributed by atoms with van der Waals surface area (Å²) in [7, 11) is -4.50. The van der Waals surface area contributed by atoms with Crippen molar-refractivity contribution in [1.82, 2.24) is 0 Å². The molecule has 106 valence electrons. The second-order valence-electron chi connectivity index (χ2n) is 4.06. The maximum absolute atomic E-state index is 13.5. The van der Waals surface area contributed by atoms with Crippen LogP contribution in [0.3, 0.4) is 0 Å². The van der Waals surface area contributed by atoms with Crippen molar-refractivity contribution in [2.24, 2.45) is 0 Å². The highest BCUT2D eigenvalue weighted by atomic mass is 28.4. The lowest BCUT2D eigenvalue weighted by atomic mass is 10.0. The molecule has 0 amide bonds. The molecule has 0 radical (unpaired) electrons. The van der Waals surface area contributed by atoms with Crippen molar-refractivity contribution in [1.29, 1.82) is 0 Å². The minimum Gasteiger partial charge on any atom is -0.386 e. The van der Waals surface area contributed by atoms with Gasteiger partial charge in [-0.1, -0.05) is 24.3 Å². The van der Waals surface area contributed by atoms with Crippen molar-refractivity contribution in [2.45, 2.75) is 0 Å². The first kappa shape index (κ1) is 14.7. The van der Waals surface area contributed by atoms with Crippen molar-refractivity contribution < 1.29 is 31.9 Å². The second kappa shape index (κ2) is 4.98. The summed E-state index contributed by atoms with van der Waals surface area (Å²) in [5.41, 5.74) is -0.531. The summed E-state index contributed by atoms with van der Waals surface area (Å²) in [4.78, 5) is 27.1. The molecule has 20 heavy (non-hydrogen) atoms. The average molecular weight is 304 g/mol. The van der Waals surface area contributed by atoms with Gasteiger partial charge >= 0.3 is 8.80 Å². The van der Waals surface area contributed by atoms with E-state index >= 15 is 0 Å². The maximum Gasteiger partial charge on any atom is 0.528 e. The van der Waals surface area contributed by atoms with Crippen molar-refractivity contribution >= 4 is 14.0 Å². The average Bonchev–Trinajstić information content (AvgIpc) is 2.40. The van der Waals surface area contributed by atoms with E-state index in [-0.39, 0.29) is 10.8 Å². The van der Waals surface area contributed by atoms with Crippen LogP contribution in [0.5, 0.6) is 0 Å². The van der Waals surface area contributed by atoms with Gasteiger partial charge in [-0.2, -0.15) is 0 Å². The molecule has 2 aromatic rings. The van der Waals surface area contributed by atoms with Gasteiger partial charge in [0.15, 0.2) is 23.3 Å². The van der Waals surface area contributed by atoms with Crippen LogP contribution in [0.4, 0.5) is 17.6 Å². The predicted molar refractivity (Wildman–Crippen MR) is 63.8 cm³/mol. The number of hydrogen-bond acceptors (Lipinski definition) is 3. The Labute approximate surface area is 111 Å². The van der Waals surface area contributed by atoms with E-state index < -0.39 is 37.6 Å². The third kappa shape index (κ3) is 2.59. The summed E-state index contributed by atoms with van der Waals surface area (Å²) in [6.45, 7) is 0. The Morgan fingerprint density at radius 1 is 0.750 bits per heavy atom. The molecule has 0 saturated carbocycles. The SMILES string of the molecule is O[Si](O)(O)c1ccc(-c2cc(F)c(F)c(F)c2F)cc1. The van der Waals surface area contributed by atoms with E-state index in [1.807, 2.05) is 0 Å². The predicted octanol–water partition coefficient (Wildman–Crippen LogP) is 1.03. The standard InChI is InChI=1S/C12H8F4O3Si/c13-9-5-8(10(14)12(16)11(9)15)6-1-3-7(4-2-6)20(17,18)19/h1-5,17-19H. The van der Waals surface area contributed by atoms with E-state index in [9.17, 15) is 17.6 Å². The molecule has 0 aliphatic rings. The van der Waals surface area contributed by atoms with Gasteiger partial charge in [0.1, 0.15) is 0 Å². The Kier molecular flexibility index (Phi) is 3.65. The van der Waals surface area contributed by atoms with Crippen LogP contribution in [0.15, 0.2) is 30.3 Å². The Bertz CT molecular complexity index is 653. The molecule has 0 aromatic heterocycles. The van der Waals surface area contributed by atoms with Crippen molar-refractivity contribution in [3.63, 3.8) is 0 Å². The molecule has 2 rings (SSSR count). The molecule has 0 aliphatic carbocycles. The molecule has 0 atom stereocenters. The highest BCUT2D eigenvalue weighted by Gasteiger charge is 2.30. The van der Waals surface area contributed by atoms with Gasteiger partial charge in [0.05, 0.1) is 0 Å². The summed E-state index contributed by atoms with van der Waals surface area (Å²) in [5, 5.41) is -0.190. The fraction of sp³-hybridized carbons (Fsp3) is 0. The van der Waals surface area contributed by atoms with Crippen LogP contribution < -0.4 is 5.19 Å². The zero-order valence-electron chi connectivity index (χ0n) is 9.74. The van der Waals surface area contributed by atoms with Crippen LogP contribution >= 0.6 is 0 Å². The molecule has 8 heteroatoms. The topological polar surface area (TPSA) is 60.7 Å². The van der Waals surface area contributed by atoms with E-state index in [0.29, 0.717) is 6.07 Å². The lowest BCUT2D eigenvalue weighted by molar-refractivity contribution is 0.250. The van der Waals surface area contributed by atoms with Crippen LogP contribution in [0, 0.1) is 23.3 Å². The molecule has 0 saturated heterocycles. The molecule has 0 aliphatic heterocycles. The summed E-state index contributed by atoms with van der Waals surface area (Å²) in [6, 6.07) is 4.87. The fourth-order valence-corrected chi connectivity index (χ4v) is 2.27. The second-order valence-corrected chi connectivity index (χ2v) is 5.91. The maximum atomic E-state index is 13.5. The van der Waals surface area contributed by atoms with E-state index in [1.165, 1.54) is 0 Å². The Morgan fingerprint density at radius 3 is 1.80 bits per heavy atom. The number of hydrogen-bond donors (Lipinski definition) is 3. The van der Waals surface area contributed by atoms with Crippen molar-refractivity contribution in [3.8, 4) is 11.1 Å². The Morgan fingerprint density at radius 2 is 1.30 bits per heavy atom. The van der Waals surface area contributed by atoms with E-state index in [4.69, 9.17) is 14.4 Å². The van der Waals surface area contributed by atoms with Crippen LogP contribution in [-0.2, 0) is 0 Å². The minimum atomic E-state index is -4.50. The Hall–Kier alpha value is -1.74. The van der Waals surface area contributed by atoms with Gasteiger partial charge in [-0.3, -0.25) is 0 Å². The molecule has 0 heterocycles. The smallest absolute Gasteiger partial charge is 0.386 e. The van der Waals surface area contributed by atoms with Crippen LogP contribution in [0.1, 0.15) is 0 Å². The molecule has 0 fully saturated rings. The molecule has 3 nitrogen and oxygen atoms in total. The first-order valence-corrected chi connectivity index (χ1v) is 7.17. The fourth-order valence-electron chi connectivity index (χ4n) is 1.66. The van der Waals surface area contributed by atoms with Gasteiger partial charge in [-0.05, 0) is 11.6 Å². The zero-order valence-corrected chi connectivity index (χ0v) is 10.7. The lowest BCUT2D eigenvalue weighted by Gasteiger charge is -2.11. The summed E-state index contributed by atoms with van der Waals surface area (Å²) < 4.78 is 52.5. The zero-order chi connectivity index (χ0) is 15.1. The summed E-state index contributed by atoms with van der Waals surface area (Å²) in [6.07, 6.45) is 0. The van der Waals surface area contributed by atoms with Crippen LogP contribution in [-0.4, -0.2) is 23.2 Å². The lowest BCUT2D eigenvalue weighted by Crippen LogP contribution is -2.48. The van der Waals surface area contributed by atoms with E-state index in [0.717, 1.165) is 24.3 Å². The van der Waals surface area contributed by atoms with Gasteiger partial charge in [0.2, 0.25) is 0 Å². The highest BCUT2D eigenvalue weighted by Crippen LogP contribution is 2.27. The van der Waals surface area contributed by atoms with Gasteiger partial charge in [0.25, 0.3) is 0 Å². The normalized spacial score (nSPS) is 11.8. The number of benzene rings is 2. The number of halogens is 4.